The summed E-state index contributed by atoms with van der Waals surface area (Å²) in [6.07, 6.45) is 3.82. The van der Waals surface area contributed by atoms with Crippen LogP contribution in [0.4, 0.5) is 5.69 Å². The van der Waals surface area contributed by atoms with Crippen molar-refractivity contribution >= 4 is 34.1 Å². The number of nitriles is 1. The standard InChI is InChI=1S/C28H23ClN4O2/c29-24-16-20(11-13-21(24)23(17-30)18-7-3-1-4-8-18)31-27(34)19-10-12-22-25(15-19)32-26-9-5-2-6-14-33(26)28(22)35/h1,3-4,7-8,10-13,15-16,23H,2,5-6,9,14H2,(H,31,34)/t23-/m0/s1. The van der Waals surface area contributed by atoms with E-state index in [1.165, 1.54) is 0 Å². The number of rotatable bonds is 4. The second-order valence-electron chi connectivity index (χ2n) is 8.69. The van der Waals surface area contributed by atoms with Gasteiger partial charge in [0.25, 0.3) is 11.5 Å². The molecule has 1 N–H and O–H groups in total. The normalized spacial score (nSPS) is 13.9. The van der Waals surface area contributed by atoms with Crippen LogP contribution in [0.15, 0.2) is 71.5 Å². The van der Waals surface area contributed by atoms with Gasteiger partial charge >= 0.3 is 0 Å². The van der Waals surface area contributed by atoms with Crippen LogP contribution in [0.3, 0.4) is 0 Å². The average Bonchev–Trinajstić information content (AvgIpc) is 3.12. The highest BCUT2D eigenvalue weighted by Gasteiger charge is 2.18. The van der Waals surface area contributed by atoms with Crippen LogP contribution in [0, 0.1) is 11.3 Å². The molecule has 0 spiro atoms. The van der Waals surface area contributed by atoms with Crippen molar-refractivity contribution in [3.63, 3.8) is 0 Å². The first-order chi connectivity index (χ1) is 17.0. The van der Waals surface area contributed by atoms with Crippen LogP contribution in [0.2, 0.25) is 5.02 Å². The van der Waals surface area contributed by atoms with Crippen molar-refractivity contribution in [3.8, 4) is 6.07 Å². The van der Waals surface area contributed by atoms with Crippen molar-refractivity contribution in [1.82, 2.24) is 9.55 Å². The summed E-state index contributed by atoms with van der Waals surface area (Å²) in [6, 6.07) is 21.9. The van der Waals surface area contributed by atoms with E-state index in [4.69, 9.17) is 16.6 Å². The van der Waals surface area contributed by atoms with Gasteiger partial charge in [-0.2, -0.15) is 5.26 Å². The Morgan fingerprint density at radius 1 is 1.06 bits per heavy atom. The fraction of sp³-hybridized carbons (Fsp3) is 0.214. The van der Waals surface area contributed by atoms with Gasteiger partial charge in [0, 0.05) is 29.2 Å². The summed E-state index contributed by atoms with van der Waals surface area (Å²) in [4.78, 5) is 30.6. The maximum absolute atomic E-state index is 13.0. The van der Waals surface area contributed by atoms with Crippen LogP contribution < -0.4 is 10.9 Å². The first-order valence-electron chi connectivity index (χ1n) is 11.6. The SMILES string of the molecule is N#C[C@@H](c1ccccc1)c1ccc(NC(=O)c2ccc3c(=O)n4c(nc3c2)CCCCC4)cc1Cl. The smallest absolute Gasteiger partial charge is 0.261 e. The molecule has 0 aliphatic carbocycles. The van der Waals surface area contributed by atoms with E-state index in [-0.39, 0.29) is 11.5 Å². The molecule has 1 aliphatic rings. The molecule has 3 aromatic carbocycles. The first kappa shape index (κ1) is 22.8. The molecule has 1 amide bonds. The van der Waals surface area contributed by atoms with Crippen LogP contribution in [0.1, 0.15) is 52.5 Å². The van der Waals surface area contributed by atoms with Crippen LogP contribution >= 0.6 is 11.6 Å². The number of nitrogens with one attached hydrogen (secondary N) is 1. The summed E-state index contributed by atoms with van der Waals surface area (Å²) in [5.41, 5.74) is 2.93. The lowest BCUT2D eigenvalue weighted by atomic mass is 9.92. The Hall–Kier alpha value is -3.95. The van der Waals surface area contributed by atoms with Crippen molar-refractivity contribution in [2.24, 2.45) is 0 Å². The summed E-state index contributed by atoms with van der Waals surface area (Å²) in [5.74, 6) is -0.0489. The fourth-order valence-corrected chi connectivity index (χ4v) is 4.86. The van der Waals surface area contributed by atoms with Gasteiger partial charge in [0.1, 0.15) is 5.82 Å². The fourth-order valence-electron chi connectivity index (χ4n) is 4.57. The number of hydrogen-bond acceptors (Lipinski definition) is 4. The van der Waals surface area contributed by atoms with Gasteiger partial charge in [-0.3, -0.25) is 14.2 Å². The van der Waals surface area contributed by atoms with Crippen LogP contribution in [-0.4, -0.2) is 15.5 Å². The third-order valence-corrected chi connectivity index (χ3v) is 6.74. The highest BCUT2D eigenvalue weighted by molar-refractivity contribution is 6.32. The largest absolute Gasteiger partial charge is 0.322 e. The van der Waals surface area contributed by atoms with E-state index in [1.54, 1.807) is 41.0 Å². The van der Waals surface area contributed by atoms with Gasteiger partial charge in [0.15, 0.2) is 0 Å². The van der Waals surface area contributed by atoms with E-state index in [2.05, 4.69) is 11.4 Å². The van der Waals surface area contributed by atoms with Crippen molar-refractivity contribution in [2.45, 2.75) is 38.1 Å². The molecule has 35 heavy (non-hydrogen) atoms. The number of aromatic nitrogens is 2. The first-order valence-corrected chi connectivity index (χ1v) is 12.0. The molecule has 1 atom stereocenters. The zero-order valence-corrected chi connectivity index (χ0v) is 19.8. The zero-order chi connectivity index (χ0) is 24.4. The van der Waals surface area contributed by atoms with E-state index in [0.717, 1.165) is 37.1 Å². The van der Waals surface area contributed by atoms with E-state index in [0.29, 0.717) is 39.3 Å². The number of amides is 1. The lowest BCUT2D eigenvalue weighted by Gasteiger charge is -2.14. The molecule has 1 aliphatic heterocycles. The molecular weight excluding hydrogens is 460 g/mol. The minimum absolute atomic E-state index is 0.0494. The number of nitrogens with zero attached hydrogens (tertiary/aromatic N) is 3. The Balaban J connectivity index is 1.40. The van der Waals surface area contributed by atoms with Crippen molar-refractivity contribution < 1.29 is 4.79 Å². The Morgan fingerprint density at radius 2 is 1.89 bits per heavy atom. The Morgan fingerprint density at radius 3 is 2.66 bits per heavy atom. The topological polar surface area (TPSA) is 87.8 Å². The number of halogens is 1. The maximum Gasteiger partial charge on any atom is 0.261 e. The number of fused-ring (bicyclic) bond motifs is 2. The summed E-state index contributed by atoms with van der Waals surface area (Å²) < 4.78 is 1.77. The second kappa shape index (κ2) is 9.73. The molecule has 4 aromatic rings. The highest BCUT2D eigenvalue weighted by Crippen LogP contribution is 2.32. The zero-order valence-electron chi connectivity index (χ0n) is 19.0. The number of hydrogen-bond donors (Lipinski definition) is 1. The quantitative estimate of drug-likeness (QED) is 0.405. The predicted octanol–water partition coefficient (Wildman–Crippen LogP) is 5.68. The lowest BCUT2D eigenvalue weighted by molar-refractivity contribution is 0.102. The molecule has 0 saturated heterocycles. The average molecular weight is 483 g/mol. The summed E-state index contributed by atoms with van der Waals surface area (Å²) >= 11 is 6.51. The molecule has 1 aromatic heterocycles. The van der Waals surface area contributed by atoms with Crippen molar-refractivity contribution in [2.75, 3.05) is 5.32 Å². The molecule has 5 rings (SSSR count). The predicted molar refractivity (Wildman–Crippen MR) is 137 cm³/mol. The highest BCUT2D eigenvalue weighted by atomic mass is 35.5. The third-order valence-electron chi connectivity index (χ3n) is 6.41. The van der Waals surface area contributed by atoms with Crippen LogP contribution in [0.25, 0.3) is 10.9 Å². The van der Waals surface area contributed by atoms with E-state index < -0.39 is 5.92 Å². The number of aryl methyl sites for hydroxylation is 1. The summed E-state index contributed by atoms with van der Waals surface area (Å²) in [7, 11) is 0. The monoisotopic (exact) mass is 482 g/mol. The molecule has 6 nitrogen and oxygen atoms in total. The minimum Gasteiger partial charge on any atom is -0.322 e. The van der Waals surface area contributed by atoms with Crippen LogP contribution in [0.5, 0.6) is 0 Å². The van der Waals surface area contributed by atoms with Crippen molar-refractivity contribution in [1.29, 1.82) is 5.26 Å². The second-order valence-corrected chi connectivity index (χ2v) is 9.10. The molecule has 0 unspecified atom stereocenters. The Labute approximate surface area is 207 Å². The van der Waals surface area contributed by atoms with E-state index in [9.17, 15) is 14.9 Å². The van der Waals surface area contributed by atoms with Gasteiger partial charge < -0.3 is 5.32 Å². The minimum atomic E-state index is -0.505. The van der Waals surface area contributed by atoms with Gasteiger partial charge in [-0.15, -0.1) is 0 Å². The van der Waals surface area contributed by atoms with Gasteiger partial charge in [0.05, 0.1) is 22.9 Å². The van der Waals surface area contributed by atoms with E-state index in [1.807, 2.05) is 30.3 Å². The molecule has 0 fully saturated rings. The summed E-state index contributed by atoms with van der Waals surface area (Å²) in [6.45, 7) is 0.688. The van der Waals surface area contributed by atoms with Gasteiger partial charge in [-0.05, 0) is 54.3 Å². The molecule has 7 heteroatoms. The third kappa shape index (κ3) is 4.55. The lowest BCUT2D eigenvalue weighted by Crippen LogP contribution is -2.24. The van der Waals surface area contributed by atoms with Crippen molar-refractivity contribution in [3.05, 3.63) is 105 Å². The molecule has 174 valence electrons. The Kier molecular flexibility index (Phi) is 6.35. The van der Waals surface area contributed by atoms with Gasteiger partial charge in [-0.1, -0.05) is 54.4 Å². The molecule has 0 saturated carbocycles. The number of carbonyl (C=O) groups excluding carboxylic acids is 1. The molecule has 0 bridgehead atoms. The van der Waals surface area contributed by atoms with E-state index >= 15 is 0 Å². The molecule has 0 radical (unpaired) electrons. The Bertz CT molecular complexity index is 1520. The summed E-state index contributed by atoms with van der Waals surface area (Å²) in [5, 5.41) is 13.5. The van der Waals surface area contributed by atoms with Gasteiger partial charge in [-0.25, -0.2) is 4.98 Å². The van der Waals surface area contributed by atoms with Gasteiger partial charge in [0.2, 0.25) is 0 Å². The molecule has 2 heterocycles. The number of carbonyl (C=O) groups is 1. The van der Waals surface area contributed by atoms with Crippen LogP contribution in [-0.2, 0) is 13.0 Å². The number of anilines is 1. The maximum atomic E-state index is 13.0. The molecular formula is C28H23ClN4O2. The number of benzene rings is 3.